The van der Waals surface area contributed by atoms with Crippen LogP contribution in [0.4, 0.5) is 0 Å². The molecule has 3 aromatic heterocycles. The Bertz CT molecular complexity index is 974. The van der Waals surface area contributed by atoms with Crippen LogP contribution in [0, 0.1) is 0 Å². The van der Waals surface area contributed by atoms with Gasteiger partial charge in [-0.05, 0) is 30.3 Å². The molecule has 0 amide bonds. The minimum absolute atomic E-state index is 0.175. The average Bonchev–Trinajstić information content (AvgIpc) is 3.16. The van der Waals surface area contributed by atoms with Gasteiger partial charge in [-0.2, -0.15) is 5.10 Å². The fourth-order valence-corrected chi connectivity index (χ4v) is 2.41. The van der Waals surface area contributed by atoms with Crippen LogP contribution in [-0.4, -0.2) is 30.6 Å². The van der Waals surface area contributed by atoms with Crippen molar-refractivity contribution in [2.75, 3.05) is 0 Å². The van der Waals surface area contributed by atoms with Gasteiger partial charge < -0.3 is 4.98 Å². The number of carbonyl (C=O) groups excluding carboxylic acids is 1. The van der Waals surface area contributed by atoms with Gasteiger partial charge in [0.1, 0.15) is 5.52 Å². The molecule has 0 atom stereocenters. The van der Waals surface area contributed by atoms with Crippen LogP contribution < -0.4 is 0 Å². The molecule has 0 saturated heterocycles. The minimum atomic E-state index is -0.175. The first-order chi connectivity index (χ1) is 10.2. The van der Waals surface area contributed by atoms with Crippen molar-refractivity contribution in [1.29, 1.82) is 0 Å². The largest absolute Gasteiger partial charge is 0.359 e. The Morgan fingerprint density at radius 1 is 1.24 bits per heavy atom. The molecule has 1 N–H and O–H groups in total. The summed E-state index contributed by atoms with van der Waals surface area (Å²) in [6.45, 7) is 0. The highest BCUT2D eigenvalue weighted by molar-refractivity contribution is 6.31. The Morgan fingerprint density at radius 2 is 2.14 bits per heavy atom. The average molecular weight is 298 g/mol. The third-order valence-electron chi connectivity index (χ3n) is 3.25. The van der Waals surface area contributed by atoms with Gasteiger partial charge in [-0.1, -0.05) is 11.6 Å². The third-order valence-corrected chi connectivity index (χ3v) is 3.48. The van der Waals surface area contributed by atoms with E-state index < -0.39 is 0 Å². The van der Waals surface area contributed by atoms with Crippen molar-refractivity contribution in [3.63, 3.8) is 0 Å². The summed E-state index contributed by atoms with van der Waals surface area (Å²) in [6.07, 6.45) is 3.19. The predicted octanol–water partition coefficient (Wildman–Crippen LogP) is 2.49. The first-order valence-electron chi connectivity index (χ1n) is 6.22. The van der Waals surface area contributed by atoms with Gasteiger partial charge in [0.2, 0.25) is 5.78 Å². The molecule has 4 rings (SSSR count). The number of H-pyrrole nitrogens is 1. The number of hydrogen-bond acceptors (Lipinski definition) is 4. The minimum Gasteiger partial charge on any atom is -0.359 e. The molecule has 0 radical (unpaired) electrons. The van der Waals surface area contributed by atoms with Gasteiger partial charge in [-0.3, -0.25) is 4.79 Å². The number of nitrogens with zero attached hydrogens (tertiary/aromatic N) is 4. The molecule has 0 aliphatic carbocycles. The molecule has 4 aromatic rings. The Kier molecular flexibility index (Phi) is 2.52. The maximum atomic E-state index is 12.4. The van der Waals surface area contributed by atoms with E-state index in [9.17, 15) is 4.79 Å². The van der Waals surface area contributed by atoms with Crippen LogP contribution in [0.1, 0.15) is 16.1 Å². The summed E-state index contributed by atoms with van der Waals surface area (Å²) in [5.41, 5.74) is 2.65. The van der Waals surface area contributed by atoms with Crippen LogP contribution in [0.15, 0.2) is 42.7 Å². The number of ketones is 1. The van der Waals surface area contributed by atoms with Crippen molar-refractivity contribution < 1.29 is 4.79 Å². The van der Waals surface area contributed by atoms with Gasteiger partial charge in [0.25, 0.3) is 0 Å². The van der Waals surface area contributed by atoms with Crippen molar-refractivity contribution in [3.8, 4) is 0 Å². The van der Waals surface area contributed by atoms with Gasteiger partial charge in [-0.25, -0.2) is 4.52 Å². The summed E-state index contributed by atoms with van der Waals surface area (Å²) in [6, 6.07) is 8.71. The molecule has 0 aliphatic rings. The lowest BCUT2D eigenvalue weighted by Crippen LogP contribution is -2.03. The summed E-state index contributed by atoms with van der Waals surface area (Å²) in [7, 11) is 0. The number of halogens is 1. The fourth-order valence-electron chi connectivity index (χ4n) is 2.24. The highest BCUT2D eigenvalue weighted by Crippen LogP contribution is 2.20. The van der Waals surface area contributed by atoms with Crippen molar-refractivity contribution in [2.45, 2.75) is 0 Å². The molecule has 7 heteroatoms. The lowest BCUT2D eigenvalue weighted by atomic mass is 10.1. The van der Waals surface area contributed by atoms with Crippen LogP contribution in [-0.2, 0) is 0 Å². The van der Waals surface area contributed by atoms with Gasteiger partial charge >= 0.3 is 0 Å². The van der Waals surface area contributed by atoms with E-state index in [2.05, 4.69) is 20.3 Å². The summed E-state index contributed by atoms with van der Waals surface area (Å²) in [5, 5.41) is 13.0. The zero-order valence-electron chi connectivity index (χ0n) is 10.6. The van der Waals surface area contributed by atoms with Crippen molar-refractivity contribution >= 4 is 34.1 Å². The topological polar surface area (TPSA) is 75.9 Å². The molecule has 0 saturated carbocycles. The second-order valence-corrected chi connectivity index (χ2v) is 4.98. The van der Waals surface area contributed by atoms with E-state index >= 15 is 0 Å². The highest BCUT2D eigenvalue weighted by atomic mass is 35.5. The molecule has 102 valence electrons. The molecule has 0 aliphatic heterocycles. The molecule has 21 heavy (non-hydrogen) atoms. The maximum Gasteiger partial charge on any atom is 0.214 e. The first kappa shape index (κ1) is 12.0. The molecule has 3 heterocycles. The Morgan fingerprint density at radius 3 is 2.95 bits per heavy atom. The highest BCUT2D eigenvalue weighted by Gasteiger charge is 2.18. The summed E-state index contributed by atoms with van der Waals surface area (Å²) >= 11 is 6.01. The quantitative estimate of drug-likeness (QED) is 0.577. The molecule has 0 fully saturated rings. The monoisotopic (exact) mass is 297 g/mol. The van der Waals surface area contributed by atoms with Crippen LogP contribution in [0.25, 0.3) is 16.7 Å². The maximum absolute atomic E-state index is 12.4. The predicted molar refractivity (Wildman–Crippen MR) is 77.5 cm³/mol. The van der Waals surface area contributed by atoms with Crippen LogP contribution in [0.5, 0.6) is 0 Å². The Hall–Kier alpha value is -2.73. The molecule has 0 spiro atoms. The number of aromatic amines is 1. The van der Waals surface area contributed by atoms with E-state index in [4.69, 9.17) is 11.6 Å². The smallest absolute Gasteiger partial charge is 0.214 e. The van der Waals surface area contributed by atoms with Crippen LogP contribution in [0.2, 0.25) is 5.02 Å². The molecule has 1 aromatic carbocycles. The number of carbonyl (C=O) groups is 1. The second kappa shape index (κ2) is 4.39. The van der Waals surface area contributed by atoms with E-state index in [0.717, 1.165) is 0 Å². The van der Waals surface area contributed by atoms with E-state index in [1.54, 1.807) is 41.0 Å². The summed E-state index contributed by atoms with van der Waals surface area (Å²) in [5.74, 6) is -0.175. The van der Waals surface area contributed by atoms with Crippen molar-refractivity contribution in [1.82, 2.24) is 24.8 Å². The second-order valence-electron chi connectivity index (χ2n) is 4.54. The first-order valence-corrected chi connectivity index (χ1v) is 6.59. The van der Waals surface area contributed by atoms with E-state index in [0.29, 0.717) is 33.0 Å². The summed E-state index contributed by atoms with van der Waals surface area (Å²) in [4.78, 5) is 15.3. The van der Waals surface area contributed by atoms with Gasteiger partial charge in [-0.15, -0.1) is 10.2 Å². The van der Waals surface area contributed by atoms with Crippen molar-refractivity contribution in [3.05, 3.63) is 59.0 Å². The zero-order valence-corrected chi connectivity index (χ0v) is 11.4. The lowest BCUT2D eigenvalue weighted by Gasteiger charge is -2.01. The number of hydrogen-bond donors (Lipinski definition) is 1. The molecular formula is C14H8ClN5O. The fraction of sp³-hybridized carbons (Fsp3) is 0. The molecule has 0 bridgehead atoms. The SMILES string of the molecule is O=C(c1ccc[nH]1)c1cnn2c1nnc1ccc(Cl)cc12. The molecular weight excluding hydrogens is 290 g/mol. The standard InChI is InChI=1S/C14H8ClN5O/c15-8-3-4-10-12(6-8)20-14(19-18-10)9(7-17-20)13(21)11-2-1-5-16-11/h1-7,16H. The molecule has 0 unspecified atom stereocenters. The van der Waals surface area contributed by atoms with Gasteiger partial charge in [0, 0.05) is 11.2 Å². The normalized spacial score (nSPS) is 11.3. The van der Waals surface area contributed by atoms with Crippen molar-refractivity contribution in [2.24, 2.45) is 0 Å². The third kappa shape index (κ3) is 1.80. The number of fused-ring (bicyclic) bond motifs is 3. The zero-order chi connectivity index (χ0) is 14.4. The van der Waals surface area contributed by atoms with E-state index in [-0.39, 0.29) is 5.78 Å². The van der Waals surface area contributed by atoms with E-state index in [1.807, 2.05) is 0 Å². The van der Waals surface area contributed by atoms with E-state index in [1.165, 1.54) is 6.20 Å². The number of aromatic nitrogens is 5. The van der Waals surface area contributed by atoms with Gasteiger partial charge in [0.05, 0.1) is 23.0 Å². The Balaban J connectivity index is 1.99. The van der Waals surface area contributed by atoms with Crippen LogP contribution in [0.3, 0.4) is 0 Å². The number of nitrogens with one attached hydrogen (secondary N) is 1. The summed E-state index contributed by atoms with van der Waals surface area (Å²) < 4.78 is 1.57. The number of benzene rings is 1. The Labute approximate surface area is 123 Å². The van der Waals surface area contributed by atoms with Crippen LogP contribution >= 0.6 is 11.6 Å². The molecule has 6 nitrogen and oxygen atoms in total. The van der Waals surface area contributed by atoms with Gasteiger partial charge in [0.15, 0.2) is 5.65 Å². The number of rotatable bonds is 2. The lowest BCUT2D eigenvalue weighted by molar-refractivity contribution is 0.103.